The van der Waals surface area contributed by atoms with Crippen LogP contribution < -0.4 is 5.56 Å². The lowest BCUT2D eigenvalue weighted by Gasteiger charge is -2.23. The normalized spacial score (nSPS) is 18.9. The zero-order chi connectivity index (χ0) is 13.9. The number of aryl methyl sites for hydroxylation is 1. The molecule has 0 N–H and O–H groups in total. The van der Waals surface area contributed by atoms with Gasteiger partial charge in [-0.1, -0.05) is 0 Å². The maximum Gasteiger partial charge on any atom is 0.269 e. The van der Waals surface area contributed by atoms with Crippen LogP contribution in [0.5, 0.6) is 0 Å². The number of hydrogen-bond acceptors (Lipinski definition) is 5. The zero-order valence-electron chi connectivity index (χ0n) is 11.3. The minimum absolute atomic E-state index is 0.167. The second-order valence-electron chi connectivity index (χ2n) is 4.91. The molecule has 1 saturated heterocycles. The van der Waals surface area contributed by atoms with Crippen molar-refractivity contribution in [3.8, 4) is 11.3 Å². The highest BCUT2D eigenvalue weighted by Gasteiger charge is 2.18. The van der Waals surface area contributed by atoms with E-state index >= 15 is 0 Å². The van der Waals surface area contributed by atoms with Gasteiger partial charge in [0.25, 0.3) is 5.56 Å². The third-order valence-corrected chi connectivity index (χ3v) is 3.45. The predicted octanol–water partition coefficient (Wildman–Crippen LogP) is 1.71. The van der Waals surface area contributed by atoms with Crippen LogP contribution in [0.1, 0.15) is 31.1 Å². The molecule has 3 heterocycles. The quantitative estimate of drug-likeness (QED) is 0.832. The summed E-state index contributed by atoms with van der Waals surface area (Å²) >= 11 is 0. The topological polar surface area (TPSA) is 69.9 Å². The molecule has 6 nitrogen and oxygen atoms in total. The molecule has 0 bridgehead atoms. The van der Waals surface area contributed by atoms with Gasteiger partial charge in [-0.2, -0.15) is 15.3 Å². The van der Waals surface area contributed by atoms with Crippen molar-refractivity contribution in [2.45, 2.75) is 32.4 Å². The summed E-state index contributed by atoms with van der Waals surface area (Å²) in [5, 5.41) is 12.1. The van der Waals surface area contributed by atoms with Crippen molar-refractivity contribution in [1.29, 1.82) is 0 Å². The van der Waals surface area contributed by atoms with Gasteiger partial charge in [0.1, 0.15) is 0 Å². The van der Waals surface area contributed by atoms with Crippen LogP contribution in [0.3, 0.4) is 0 Å². The van der Waals surface area contributed by atoms with E-state index in [0.29, 0.717) is 17.9 Å². The van der Waals surface area contributed by atoms with E-state index in [9.17, 15) is 4.79 Å². The van der Waals surface area contributed by atoms with E-state index in [-0.39, 0.29) is 11.8 Å². The van der Waals surface area contributed by atoms with Gasteiger partial charge in [-0.15, -0.1) is 0 Å². The molecule has 0 spiro atoms. The highest BCUT2D eigenvalue weighted by Crippen LogP contribution is 2.21. The Hall–Kier alpha value is -2.08. The van der Waals surface area contributed by atoms with E-state index in [4.69, 9.17) is 4.74 Å². The zero-order valence-corrected chi connectivity index (χ0v) is 11.3. The summed E-state index contributed by atoms with van der Waals surface area (Å²) in [6, 6.07) is 3.40. The van der Waals surface area contributed by atoms with Crippen molar-refractivity contribution in [2.24, 2.45) is 0 Å². The summed E-state index contributed by atoms with van der Waals surface area (Å²) in [4.78, 5) is 12.2. The van der Waals surface area contributed by atoms with Gasteiger partial charge < -0.3 is 4.74 Å². The smallest absolute Gasteiger partial charge is 0.269 e. The van der Waals surface area contributed by atoms with Crippen molar-refractivity contribution in [3.63, 3.8) is 0 Å². The first-order valence-corrected chi connectivity index (χ1v) is 6.75. The third kappa shape index (κ3) is 2.46. The number of rotatable bonds is 2. The van der Waals surface area contributed by atoms with Crippen LogP contribution in [-0.2, 0) is 4.74 Å². The SMILES string of the molecule is Cc1ccnnc1-c1cnn(C2CCCCO2)c(=O)c1. The van der Waals surface area contributed by atoms with Gasteiger partial charge in [-0.05, 0) is 37.8 Å². The van der Waals surface area contributed by atoms with Crippen LogP contribution in [-0.4, -0.2) is 26.6 Å². The van der Waals surface area contributed by atoms with Crippen LogP contribution in [0.4, 0.5) is 0 Å². The fourth-order valence-electron chi connectivity index (χ4n) is 2.36. The highest BCUT2D eigenvalue weighted by atomic mass is 16.5. The van der Waals surface area contributed by atoms with E-state index in [1.807, 2.05) is 13.0 Å². The highest BCUT2D eigenvalue weighted by molar-refractivity contribution is 5.60. The van der Waals surface area contributed by atoms with E-state index in [2.05, 4.69) is 15.3 Å². The minimum atomic E-state index is -0.242. The summed E-state index contributed by atoms with van der Waals surface area (Å²) in [6.07, 6.45) is 5.97. The summed E-state index contributed by atoms with van der Waals surface area (Å²) < 4.78 is 7.00. The van der Waals surface area contributed by atoms with Gasteiger partial charge in [0.2, 0.25) is 0 Å². The lowest BCUT2D eigenvalue weighted by atomic mass is 10.1. The van der Waals surface area contributed by atoms with E-state index < -0.39 is 0 Å². The van der Waals surface area contributed by atoms with E-state index in [0.717, 1.165) is 24.8 Å². The minimum Gasteiger partial charge on any atom is -0.356 e. The van der Waals surface area contributed by atoms with Gasteiger partial charge in [0, 0.05) is 24.4 Å². The fraction of sp³-hybridized carbons (Fsp3) is 0.429. The molecule has 0 aromatic carbocycles. The Balaban J connectivity index is 1.95. The molecule has 0 radical (unpaired) electrons. The Kier molecular flexibility index (Phi) is 3.56. The Morgan fingerprint density at radius 1 is 1.40 bits per heavy atom. The lowest BCUT2D eigenvalue weighted by molar-refractivity contribution is -0.0424. The second-order valence-corrected chi connectivity index (χ2v) is 4.91. The second kappa shape index (κ2) is 5.50. The van der Waals surface area contributed by atoms with Gasteiger partial charge in [-0.3, -0.25) is 4.79 Å². The molecule has 2 aromatic heterocycles. The van der Waals surface area contributed by atoms with Crippen molar-refractivity contribution >= 4 is 0 Å². The molecule has 104 valence electrons. The lowest BCUT2D eigenvalue weighted by Crippen LogP contribution is -2.30. The van der Waals surface area contributed by atoms with Gasteiger partial charge in [0.15, 0.2) is 6.23 Å². The Bertz CT molecular complexity index is 662. The maximum atomic E-state index is 12.2. The standard InChI is InChI=1S/C14H16N4O2/c1-10-5-6-15-17-14(10)11-8-12(19)18(16-9-11)13-4-2-3-7-20-13/h5-6,8-9,13H,2-4,7H2,1H3. The van der Waals surface area contributed by atoms with Crippen LogP contribution >= 0.6 is 0 Å². The van der Waals surface area contributed by atoms with Gasteiger partial charge in [0.05, 0.1) is 11.9 Å². The number of ether oxygens (including phenoxy) is 1. The Morgan fingerprint density at radius 2 is 2.30 bits per heavy atom. The van der Waals surface area contributed by atoms with E-state index in [1.54, 1.807) is 18.5 Å². The third-order valence-electron chi connectivity index (χ3n) is 3.45. The van der Waals surface area contributed by atoms with Gasteiger partial charge >= 0.3 is 0 Å². The average molecular weight is 272 g/mol. The predicted molar refractivity (Wildman–Crippen MR) is 73.1 cm³/mol. The first-order valence-electron chi connectivity index (χ1n) is 6.75. The monoisotopic (exact) mass is 272 g/mol. The molecule has 6 heteroatoms. The first kappa shape index (κ1) is 12.9. The summed E-state index contributed by atoms with van der Waals surface area (Å²) in [7, 11) is 0. The van der Waals surface area contributed by atoms with Crippen LogP contribution in [0.25, 0.3) is 11.3 Å². The van der Waals surface area contributed by atoms with Crippen LogP contribution in [0, 0.1) is 6.92 Å². The molecular formula is C14H16N4O2. The number of aromatic nitrogens is 4. The fourth-order valence-corrected chi connectivity index (χ4v) is 2.36. The van der Waals surface area contributed by atoms with Crippen molar-refractivity contribution in [1.82, 2.24) is 20.0 Å². The van der Waals surface area contributed by atoms with Gasteiger partial charge in [-0.25, -0.2) is 4.68 Å². The molecule has 0 saturated carbocycles. The molecule has 1 aliphatic rings. The molecule has 1 unspecified atom stereocenters. The molecular weight excluding hydrogens is 256 g/mol. The molecule has 1 aliphatic heterocycles. The summed E-state index contributed by atoms with van der Waals surface area (Å²) in [5.74, 6) is 0. The Labute approximate surface area is 116 Å². The van der Waals surface area contributed by atoms with Crippen LogP contribution in [0.2, 0.25) is 0 Å². The number of nitrogens with zero attached hydrogens (tertiary/aromatic N) is 4. The maximum absolute atomic E-state index is 12.2. The van der Waals surface area contributed by atoms with Crippen molar-refractivity contribution < 1.29 is 4.74 Å². The molecule has 3 rings (SSSR count). The molecule has 2 aromatic rings. The molecule has 1 atom stereocenters. The largest absolute Gasteiger partial charge is 0.356 e. The van der Waals surface area contributed by atoms with Crippen molar-refractivity contribution in [3.05, 3.63) is 40.4 Å². The number of hydrogen-bond donors (Lipinski definition) is 0. The Morgan fingerprint density at radius 3 is 3.00 bits per heavy atom. The molecule has 0 aliphatic carbocycles. The summed E-state index contributed by atoms with van der Waals surface area (Å²) in [5.41, 5.74) is 2.17. The molecule has 0 amide bonds. The van der Waals surface area contributed by atoms with E-state index in [1.165, 1.54) is 4.68 Å². The summed E-state index contributed by atoms with van der Waals surface area (Å²) in [6.45, 7) is 2.61. The molecule has 1 fully saturated rings. The average Bonchev–Trinajstić information content (AvgIpc) is 2.48. The van der Waals surface area contributed by atoms with Crippen molar-refractivity contribution in [2.75, 3.05) is 6.61 Å². The molecule has 20 heavy (non-hydrogen) atoms. The van der Waals surface area contributed by atoms with Crippen LogP contribution in [0.15, 0.2) is 29.3 Å². The first-order chi connectivity index (χ1) is 9.75.